The maximum atomic E-state index is 3.46. The average Bonchev–Trinajstić information content (AvgIpc) is 2.58. The van der Waals surface area contributed by atoms with Crippen LogP contribution >= 0.6 is 0 Å². The molecule has 0 saturated heterocycles. The van der Waals surface area contributed by atoms with E-state index in [2.05, 4.69) is 49.7 Å². The van der Waals surface area contributed by atoms with Crippen molar-refractivity contribution in [1.82, 2.24) is 4.98 Å². The summed E-state index contributed by atoms with van der Waals surface area (Å²) >= 11 is 0. The number of aromatic nitrogens is 1. The Balaban J connectivity index is 0.000000221. The molecule has 0 aliphatic heterocycles. The van der Waals surface area contributed by atoms with Gasteiger partial charge in [-0.3, -0.25) is 0 Å². The largest absolute Gasteiger partial charge is 0.358 e. The van der Waals surface area contributed by atoms with E-state index in [0.29, 0.717) is 0 Å². The van der Waals surface area contributed by atoms with Crippen LogP contribution in [0.1, 0.15) is 18.2 Å². The van der Waals surface area contributed by atoms with Crippen LogP contribution in [0.3, 0.4) is 0 Å². The number of rotatable bonds is 1. The first-order valence-electron chi connectivity index (χ1n) is 5.48. The van der Waals surface area contributed by atoms with Crippen molar-refractivity contribution in [1.29, 1.82) is 0 Å². The number of nitrogens with one attached hydrogen (secondary N) is 1. The van der Waals surface area contributed by atoms with Crippen LogP contribution in [0.25, 0.3) is 10.9 Å². The summed E-state index contributed by atoms with van der Waals surface area (Å²) in [6.45, 7) is 9.68. The highest BCUT2D eigenvalue weighted by Gasteiger charge is 2.00. The minimum absolute atomic E-state index is 1.24. The molecule has 1 heteroatoms. The Bertz CT molecular complexity index is 489. The van der Waals surface area contributed by atoms with Gasteiger partial charge in [-0.15, -0.1) is 0 Å². The van der Waals surface area contributed by atoms with E-state index in [9.17, 15) is 0 Å². The van der Waals surface area contributed by atoms with Gasteiger partial charge in [-0.05, 0) is 32.4 Å². The van der Waals surface area contributed by atoms with Crippen molar-refractivity contribution in [3.05, 3.63) is 60.3 Å². The molecule has 1 N–H and O–H groups in total. The van der Waals surface area contributed by atoms with E-state index in [0.717, 1.165) is 0 Å². The van der Waals surface area contributed by atoms with E-state index in [1.54, 1.807) is 6.08 Å². The Morgan fingerprint density at radius 2 is 1.88 bits per heavy atom. The van der Waals surface area contributed by atoms with E-state index >= 15 is 0 Å². The second kappa shape index (κ2) is 5.96. The second-order valence-electron chi connectivity index (χ2n) is 3.68. The highest BCUT2D eigenvalue weighted by atomic mass is 14.7. The lowest BCUT2D eigenvalue weighted by Crippen LogP contribution is -1.70. The molecule has 0 spiro atoms. The third-order valence-corrected chi connectivity index (χ3v) is 2.54. The molecule has 2 aromatic rings. The van der Waals surface area contributed by atoms with Crippen LogP contribution in [-0.2, 0) is 0 Å². The van der Waals surface area contributed by atoms with Crippen LogP contribution in [0.4, 0.5) is 0 Å². The van der Waals surface area contributed by atoms with Gasteiger partial charge in [0.25, 0.3) is 0 Å². The summed E-state index contributed by atoms with van der Waals surface area (Å²) in [6.07, 6.45) is 5.58. The predicted molar refractivity (Wildman–Crippen MR) is 72.8 cm³/mol. The normalized spacial score (nSPS) is 10.2. The lowest BCUT2D eigenvalue weighted by atomic mass is 10.2. The summed E-state index contributed by atoms with van der Waals surface area (Å²) in [5.41, 5.74) is 3.87. The summed E-state index contributed by atoms with van der Waals surface area (Å²) < 4.78 is 0. The summed E-state index contributed by atoms with van der Waals surface area (Å²) in [5, 5.41) is 1.34. The van der Waals surface area contributed by atoms with Crippen molar-refractivity contribution in [2.75, 3.05) is 0 Å². The maximum absolute atomic E-state index is 3.46. The third-order valence-electron chi connectivity index (χ3n) is 2.54. The predicted octanol–water partition coefficient (Wildman–Crippen LogP) is 4.53. The first-order chi connectivity index (χ1) is 7.70. The molecule has 1 heterocycles. The Morgan fingerprint density at radius 1 is 1.19 bits per heavy atom. The molecule has 0 atom stereocenters. The van der Waals surface area contributed by atoms with Crippen LogP contribution in [0, 0.1) is 13.8 Å². The molecule has 16 heavy (non-hydrogen) atoms. The van der Waals surface area contributed by atoms with E-state index < -0.39 is 0 Å². The van der Waals surface area contributed by atoms with E-state index in [4.69, 9.17) is 0 Å². The quantitative estimate of drug-likeness (QED) is 0.670. The van der Waals surface area contributed by atoms with E-state index in [1.807, 2.05) is 19.1 Å². The molecular formula is C15H19N. The van der Waals surface area contributed by atoms with Gasteiger partial charge in [0.2, 0.25) is 0 Å². The Hall–Kier alpha value is -1.76. The molecule has 0 bridgehead atoms. The van der Waals surface area contributed by atoms with Gasteiger partial charge < -0.3 is 4.98 Å². The van der Waals surface area contributed by atoms with Crippen molar-refractivity contribution in [2.45, 2.75) is 20.8 Å². The minimum atomic E-state index is 1.24. The SMILES string of the molecule is C=C/C=C\C.Cc1[nH]c2ccccc2c1C. The first-order valence-corrected chi connectivity index (χ1v) is 5.48. The molecule has 0 aliphatic carbocycles. The highest BCUT2D eigenvalue weighted by Crippen LogP contribution is 2.19. The summed E-state index contributed by atoms with van der Waals surface area (Å²) in [4.78, 5) is 3.33. The fourth-order valence-corrected chi connectivity index (χ4v) is 1.55. The van der Waals surface area contributed by atoms with Gasteiger partial charge in [0, 0.05) is 16.6 Å². The summed E-state index contributed by atoms with van der Waals surface area (Å²) in [7, 11) is 0. The first kappa shape index (κ1) is 12.3. The Morgan fingerprint density at radius 3 is 2.38 bits per heavy atom. The van der Waals surface area contributed by atoms with Crippen molar-refractivity contribution in [3.63, 3.8) is 0 Å². The molecule has 0 radical (unpaired) electrons. The molecule has 2 rings (SSSR count). The van der Waals surface area contributed by atoms with Gasteiger partial charge in [-0.1, -0.05) is 43.0 Å². The molecule has 1 aromatic heterocycles. The van der Waals surface area contributed by atoms with Gasteiger partial charge in [-0.25, -0.2) is 0 Å². The number of aromatic amines is 1. The molecule has 1 aromatic carbocycles. The van der Waals surface area contributed by atoms with Crippen LogP contribution < -0.4 is 0 Å². The molecular weight excluding hydrogens is 194 g/mol. The fourth-order valence-electron chi connectivity index (χ4n) is 1.55. The van der Waals surface area contributed by atoms with Crippen LogP contribution in [-0.4, -0.2) is 4.98 Å². The fraction of sp³-hybridized carbons (Fsp3) is 0.200. The van der Waals surface area contributed by atoms with Crippen molar-refractivity contribution < 1.29 is 0 Å². The lowest BCUT2D eigenvalue weighted by molar-refractivity contribution is 1.25. The second-order valence-corrected chi connectivity index (χ2v) is 3.68. The smallest absolute Gasteiger partial charge is 0.0458 e. The van der Waals surface area contributed by atoms with Gasteiger partial charge in [0.05, 0.1) is 0 Å². The topological polar surface area (TPSA) is 15.8 Å². The van der Waals surface area contributed by atoms with Crippen LogP contribution in [0.15, 0.2) is 49.1 Å². The van der Waals surface area contributed by atoms with Gasteiger partial charge in [0.15, 0.2) is 0 Å². The average molecular weight is 213 g/mol. The maximum Gasteiger partial charge on any atom is 0.0458 e. The molecule has 0 amide bonds. The zero-order valence-electron chi connectivity index (χ0n) is 10.2. The van der Waals surface area contributed by atoms with Crippen LogP contribution in [0.5, 0.6) is 0 Å². The molecule has 84 valence electrons. The van der Waals surface area contributed by atoms with Crippen molar-refractivity contribution >= 4 is 10.9 Å². The molecule has 0 fully saturated rings. The summed E-state index contributed by atoms with van der Waals surface area (Å²) in [5.74, 6) is 0. The van der Waals surface area contributed by atoms with Gasteiger partial charge in [-0.2, -0.15) is 0 Å². The number of benzene rings is 1. The Labute approximate surface area is 97.5 Å². The van der Waals surface area contributed by atoms with Crippen LogP contribution in [0.2, 0.25) is 0 Å². The zero-order valence-corrected chi connectivity index (χ0v) is 10.2. The number of hydrogen-bond acceptors (Lipinski definition) is 0. The van der Waals surface area contributed by atoms with E-state index in [1.165, 1.54) is 22.2 Å². The number of hydrogen-bond donors (Lipinski definition) is 1. The molecule has 0 aliphatic rings. The van der Waals surface area contributed by atoms with Crippen molar-refractivity contribution in [2.24, 2.45) is 0 Å². The number of allylic oxidation sites excluding steroid dienone is 3. The highest BCUT2D eigenvalue weighted by molar-refractivity contribution is 5.84. The van der Waals surface area contributed by atoms with Gasteiger partial charge >= 0.3 is 0 Å². The number of aryl methyl sites for hydroxylation is 2. The third kappa shape index (κ3) is 2.86. The van der Waals surface area contributed by atoms with Gasteiger partial charge in [0.1, 0.15) is 0 Å². The molecule has 0 saturated carbocycles. The van der Waals surface area contributed by atoms with Crippen molar-refractivity contribution in [3.8, 4) is 0 Å². The number of para-hydroxylation sites is 1. The Kier molecular flexibility index (Phi) is 4.59. The number of fused-ring (bicyclic) bond motifs is 1. The standard InChI is InChI=1S/C10H11N.C5H8/c1-7-8(2)11-10-6-4-3-5-9(7)10;1-3-5-4-2/h3-6,11H,1-2H3;3-5H,1H2,2H3/b;5-4-. The monoisotopic (exact) mass is 213 g/mol. The van der Waals surface area contributed by atoms with E-state index in [-0.39, 0.29) is 0 Å². The minimum Gasteiger partial charge on any atom is -0.358 e. The number of H-pyrrole nitrogens is 1. The zero-order chi connectivity index (χ0) is 12.0. The summed E-state index contributed by atoms with van der Waals surface area (Å²) in [6, 6.07) is 8.38. The lowest BCUT2D eigenvalue weighted by Gasteiger charge is -1.87. The molecule has 1 nitrogen and oxygen atoms in total. The molecule has 0 unspecified atom stereocenters.